The number of alkyl halides is 3. The molecule has 0 aromatic heterocycles. The highest BCUT2D eigenvalue weighted by Gasteiger charge is 2.35. The van der Waals surface area contributed by atoms with Crippen molar-refractivity contribution in [3.8, 4) is 5.75 Å². The maximum atomic E-state index is 13.5. The SMILES string of the molecule is CCOc1cccc(CNC(=O)CN(c2ccc(Cl)c(C(F)(F)F)c2)S(=O)(=O)c2ccc(C)cc2)c1. The number of sulfonamides is 1. The molecule has 0 radical (unpaired) electrons. The zero-order chi connectivity index (χ0) is 26.5. The fourth-order valence-corrected chi connectivity index (χ4v) is 4.97. The van der Waals surface area contributed by atoms with E-state index in [0.29, 0.717) is 28.3 Å². The van der Waals surface area contributed by atoms with Gasteiger partial charge in [0.1, 0.15) is 12.3 Å². The van der Waals surface area contributed by atoms with Crippen LogP contribution >= 0.6 is 11.6 Å². The van der Waals surface area contributed by atoms with Gasteiger partial charge >= 0.3 is 6.18 Å². The van der Waals surface area contributed by atoms with Crippen LogP contribution < -0.4 is 14.4 Å². The molecule has 0 aliphatic carbocycles. The Morgan fingerprint density at radius 1 is 1.06 bits per heavy atom. The summed E-state index contributed by atoms with van der Waals surface area (Å²) >= 11 is 5.72. The van der Waals surface area contributed by atoms with Crippen LogP contribution in [0.3, 0.4) is 0 Å². The van der Waals surface area contributed by atoms with E-state index in [1.807, 2.05) is 6.92 Å². The molecule has 1 amide bonds. The van der Waals surface area contributed by atoms with Crippen molar-refractivity contribution >= 4 is 33.2 Å². The Morgan fingerprint density at radius 2 is 1.75 bits per heavy atom. The Hall–Kier alpha value is -3.24. The van der Waals surface area contributed by atoms with Crippen LogP contribution in [0, 0.1) is 6.92 Å². The third-order valence-corrected chi connectivity index (χ3v) is 7.26. The quantitative estimate of drug-likeness (QED) is 0.384. The molecule has 36 heavy (non-hydrogen) atoms. The number of ether oxygens (including phenoxy) is 1. The van der Waals surface area contributed by atoms with Crippen molar-refractivity contribution in [3.05, 3.63) is 88.4 Å². The van der Waals surface area contributed by atoms with Crippen molar-refractivity contribution in [2.45, 2.75) is 31.5 Å². The first-order chi connectivity index (χ1) is 16.9. The van der Waals surface area contributed by atoms with Gasteiger partial charge in [-0.25, -0.2) is 8.42 Å². The summed E-state index contributed by atoms with van der Waals surface area (Å²) in [5.74, 6) is -0.107. The molecule has 0 aliphatic rings. The van der Waals surface area contributed by atoms with Crippen LogP contribution in [0.25, 0.3) is 0 Å². The molecular formula is C25H24ClF3N2O4S. The van der Waals surface area contributed by atoms with Gasteiger partial charge in [0.2, 0.25) is 5.91 Å². The molecule has 6 nitrogen and oxygen atoms in total. The van der Waals surface area contributed by atoms with Crippen LogP contribution in [0.2, 0.25) is 5.02 Å². The average molecular weight is 541 g/mol. The summed E-state index contributed by atoms with van der Waals surface area (Å²) in [6.45, 7) is 3.37. The van der Waals surface area contributed by atoms with Crippen LogP contribution in [0.15, 0.2) is 71.6 Å². The predicted molar refractivity (Wildman–Crippen MR) is 132 cm³/mol. The molecule has 11 heteroatoms. The summed E-state index contributed by atoms with van der Waals surface area (Å²) < 4.78 is 73.3. The van der Waals surface area contributed by atoms with Crippen LogP contribution in [0.4, 0.5) is 18.9 Å². The van der Waals surface area contributed by atoms with E-state index in [-0.39, 0.29) is 17.1 Å². The van der Waals surface area contributed by atoms with Crippen LogP contribution in [0.5, 0.6) is 5.75 Å². The van der Waals surface area contributed by atoms with Crippen molar-refractivity contribution in [3.63, 3.8) is 0 Å². The van der Waals surface area contributed by atoms with Crippen molar-refractivity contribution in [2.24, 2.45) is 0 Å². The maximum Gasteiger partial charge on any atom is 0.417 e. The second kappa shape index (κ2) is 11.2. The lowest BCUT2D eigenvalue weighted by Crippen LogP contribution is -2.40. The third kappa shape index (κ3) is 6.70. The summed E-state index contributed by atoms with van der Waals surface area (Å²) in [6, 6.07) is 15.4. The highest BCUT2D eigenvalue weighted by molar-refractivity contribution is 7.92. The minimum atomic E-state index is -4.82. The van der Waals surface area contributed by atoms with Gasteiger partial charge in [-0.3, -0.25) is 9.10 Å². The largest absolute Gasteiger partial charge is 0.494 e. The smallest absolute Gasteiger partial charge is 0.417 e. The van der Waals surface area contributed by atoms with Gasteiger partial charge in [-0.2, -0.15) is 13.2 Å². The molecule has 0 unspecified atom stereocenters. The lowest BCUT2D eigenvalue weighted by atomic mass is 10.2. The summed E-state index contributed by atoms with van der Waals surface area (Å²) in [5, 5.41) is 2.02. The predicted octanol–water partition coefficient (Wildman–Crippen LogP) is 5.58. The number of rotatable bonds is 9. The summed E-state index contributed by atoms with van der Waals surface area (Å²) in [6.07, 6.45) is -4.82. The highest BCUT2D eigenvalue weighted by Crippen LogP contribution is 2.38. The van der Waals surface area contributed by atoms with Crippen LogP contribution in [0.1, 0.15) is 23.6 Å². The number of hydrogen-bond donors (Lipinski definition) is 1. The number of aryl methyl sites for hydroxylation is 1. The van der Waals surface area contributed by atoms with E-state index in [0.717, 1.165) is 17.7 Å². The van der Waals surface area contributed by atoms with Gasteiger partial charge in [0.15, 0.2) is 0 Å². The normalized spacial score (nSPS) is 11.7. The zero-order valence-electron chi connectivity index (χ0n) is 19.5. The van der Waals surface area contributed by atoms with E-state index >= 15 is 0 Å². The van der Waals surface area contributed by atoms with E-state index in [1.165, 1.54) is 12.1 Å². The van der Waals surface area contributed by atoms with E-state index in [9.17, 15) is 26.4 Å². The monoisotopic (exact) mass is 540 g/mol. The number of carbonyl (C=O) groups excluding carboxylic acids is 1. The van der Waals surface area contributed by atoms with E-state index in [4.69, 9.17) is 16.3 Å². The van der Waals surface area contributed by atoms with E-state index in [2.05, 4.69) is 5.32 Å². The molecule has 0 bridgehead atoms. The van der Waals surface area contributed by atoms with Gasteiger partial charge in [-0.1, -0.05) is 41.4 Å². The maximum absolute atomic E-state index is 13.5. The second-order valence-electron chi connectivity index (χ2n) is 7.84. The van der Waals surface area contributed by atoms with Crippen LogP contribution in [-0.2, 0) is 27.5 Å². The molecular weight excluding hydrogens is 517 g/mol. The minimum Gasteiger partial charge on any atom is -0.494 e. The molecule has 0 aliphatic heterocycles. The molecule has 0 atom stereocenters. The Kier molecular flexibility index (Phi) is 8.52. The zero-order valence-corrected chi connectivity index (χ0v) is 21.0. The average Bonchev–Trinajstić information content (AvgIpc) is 2.82. The summed E-state index contributed by atoms with van der Waals surface area (Å²) in [7, 11) is -4.40. The number of anilines is 1. The number of hydrogen-bond acceptors (Lipinski definition) is 4. The number of benzene rings is 3. The standard InChI is InChI=1S/C25H24ClF3N2O4S/c1-3-35-20-6-4-5-18(13-20)15-30-24(32)16-31(36(33,34)21-10-7-17(2)8-11-21)19-9-12-23(26)22(14-19)25(27,28)29/h4-14H,3,15-16H2,1-2H3,(H,30,32). The number of carbonyl (C=O) groups is 1. The number of nitrogens with one attached hydrogen (secondary N) is 1. The van der Waals surface area contributed by atoms with E-state index < -0.39 is 39.2 Å². The minimum absolute atomic E-state index is 0.0621. The van der Waals surface area contributed by atoms with Gasteiger partial charge in [0, 0.05) is 6.54 Å². The van der Waals surface area contributed by atoms with Crippen molar-refractivity contribution in [1.82, 2.24) is 5.32 Å². The molecule has 0 spiro atoms. The second-order valence-corrected chi connectivity index (χ2v) is 10.1. The Balaban J connectivity index is 1.93. The number of amides is 1. The molecule has 0 saturated carbocycles. The van der Waals surface area contributed by atoms with Crippen molar-refractivity contribution in [2.75, 3.05) is 17.5 Å². The molecule has 3 rings (SSSR count). The highest BCUT2D eigenvalue weighted by atomic mass is 35.5. The number of nitrogens with zero attached hydrogens (tertiary/aromatic N) is 1. The van der Waals surface area contributed by atoms with Gasteiger partial charge < -0.3 is 10.1 Å². The van der Waals surface area contributed by atoms with Gasteiger partial charge in [-0.05, 0) is 61.9 Å². The summed E-state index contributed by atoms with van der Waals surface area (Å²) in [4.78, 5) is 12.6. The lowest BCUT2D eigenvalue weighted by Gasteiger charge is -2.25. The van der Waals surface area contributed by atoms with Crippen molar-refractivity contribution < 1.29 is 31.1 Å². The fraction of sp³-hybridized carbons (Fsp3) is 0.240. The first-order valence-corrected chi connectivity index (χ1v) is 12.7. The summed E-state index contributed by atoms with van der Waals surface area (Å²) in [5.41, 5.74) is -0.0637. The van der Waals surface area contributed by atoms with Gasteiger partial charge in [0.25, 0.3) is 10.0 Å². The van der Waals surface area contributed by atoms with Crippen LogP contribution in [-0.4, -0.2) is 27.5 Å². The molecule has 3 aromatic rings. The Morgan fingerprint density at radius 3 is 2.39 bits per heavy atom. The molecule has 3 aromatic carbocycles. The molecule has 0 heterocycles. The fourth-order valence-electron chi connectivity index (χ4n) is 3.34. The molecule has 1 N–H and O–H groups in total. The molecule has 192 valence electrons. The lowest BCUT2D eigenvalue weighted by molar-refractivity contribution is -0.137. The van der Waals surface area contributed by atoms with Gasteiger partial charge in [-0.15, -0.1) is 0 Å². The van der Waals surface area contributed by atoms with E-state index in [1.54, 1.807) is 43.3 Å². The van der Waals surface area contributed by atoms with Gasteiger partial charge in [0.05, 0.1) is 27.8 Å². The van der Waals surface area contributed by atoms with Crippen molar-refractivity contribution in [1.29, 1.82) is 0 Å². The number of halogens is 4. The third-order valence-electron chi connectivity index (χ3n) is 5.14. The first-order valence-electron chi connectivity index (χ1n) is 10.9. The Labute approximate surface area is 212 Å². The molecule has 0 fully saturated rings. The first kappa shape index (κ1) is 27.3. The topological polar surface area (TPSA) is 75.7 Å². The molecule has 0 saturated heterocycles. The Bertz CT molecular complexity index is 1330.